The minimum Gasteiger partial charge on any atom is -0.358 e. The molecule has 2 aromatic heterocycles. The molecule has 3 rings (SSSR count). The minimum atomic E-state index is 0.588. The maximum absolute atomic E-state index is 5.51. The van der Waals surface area contributed by atoms with Gasteiger partial charge in [-0.15, -0.1) is 0 Å². The topological polar surface area (TPSA) is 59.7 Å². The Hall–Kier alpha value is -2.67. The molecule has 0 atom stereocenters. The summed E-state index contributed by atoms with van der Waals surface area (Å²) >= 11 is 5.51. The first-order valence-electron chi connectivity index (χ1n) is 9.55. The van der Waals surface area contributed by atoms with Crippen LogP contribution in [0.2, 0.25) is 0 Å². The Kier molecular flexibility index (Phi) is 6.14. The zero-order chi connectivity index (χ0) is 20.3. The van der Waals surface area contributed by atoms with E-state index in [4.69, 9.17) is 17.3 Å². The molecule has 0 aliphatic carbocycles. The van der Waals surface area contributed by atoms with E-state index in [0.29, 0.717) is 11.7 Å². The third-order valence-corrected chi connectivity index (χ3v) is 5.39. The number of benzene rings is 1. The number of aryl methyl sites for hydroxylation is 3. The van der Waals surface area contributed by atoms with Crippen LogP contribution >= 0.6 is 12.2 Å². The first kappa shape index (κ1) is 20.1. The highest BCUT2D eigenvalue weighted by atomic mass is 32.1. The molecule has 3 aromatic rings. The summed E-state index contributed by atoms with van der Waals surface area (Å²) in [5.74, 6) is 0. The second-order valence-electron chi connectivity index (χ2n) is 7.01. The Balaban J connectivity index is 1.67. The lowest BCUT2D eigenvalue weighted by Crippen LogP contribution is -2.28. The van der Waals surface area contributed by atoms with E-state index in [1.165, 1.54) is 11.1 Å². The largest absolute Gasteiger partial charge is 0.358 e. The lowest BCUT2D eigenvalue weighted by atomic mass is 10.1. The highest BCUT2D eigenvalue weighted by Crippen LogP contribution is 2.21. The number of hydrogen-bond acceptors (Lipinski definition) is 3. The molecule has 0 bridgehead atoms. The third kappa shape index (κ3) is 4.25. The predicted octanol–water partition coefficient (Wildman–Crippen LogP) is 3.87. The highest BCUT2D eigenvalue weighted by Gasteiger charge is 2.14. The Morgan fingerprint density at radius 2 is 1.79 bits per heavy atom. The van der Waals surface area contributed by atoms with Crippen LogP contribution in [0.1, 0.15) is 40.7 Å². The normalized spacial score (nSPS) is 10.9. The molecule has 0 fully saturated rings. The van der Waals surface area contributed by atoms with Crippen molar-refractivity contribution in [2.45, 2.75) is 54.3 Å². The molecule has 7 heteroatoms. The summed E-state index contributed by atoms with van der Waals surface area (Å²) in [4.78, 5) is 0. The van der Waals surface area contributed by atoms with Gasteiger partial charge in [-0.05, 0) is 58.0 Å². The van der Waals surface area contributed by atoms with Crippen LogP contribution in [0.15, 0.2) is 30.5 Å². The molecule has 0 saturated carbocycles. The lowest BCUT2D eigenvalue weighted by Gasteiger charge is -2.12. The number of hydrogen-bond donors (Lipinski definition) is 2. The van der Waals surface area contributed by atoms with Crippen LogP contribution in [-0.2, 0) is 19.6 Å². The zero-order valence-corrected chi connectivity index (χ0v) is 18.0. The van der Waals surface area contributed by atoms with Crippen LogP contribution in [0.3, 0.4) is 0 Å². The molecule has 0 amide bonds. The van der Waals surface area contributed by atoms with Gasteiger partial charge in [0.15, 0.2) is 5.11 Å². The summed E-state index contributed by atoms with van der Waals surface area (Å²) in [7, 11) is 0. The molecule has 0 radical (unpaired) electrons. The fraction of sp³-hybridized carbons (Fsp3) is 0.381. The lowest BCUT2D eigenvalue weighted by molar-refractivity contribution is 0.638. The number of thiocarbonyl (C=S) groups is 1. The summed E-state index contributed by atoms with van der Waals surface area (Å²) in [5.41, 5.74) is 7.82. The van der Waals surface area contributed by atoms with Gasteiger partial charge in [0, 0.05) is 24.3 Å². The Morgan fingerprint density at radius 3 is 2.46 bits per heavy atom. The fourth-order valence-electron chi connectivity index (χ4n) is 3.29. The van der Waals surface area contributed by atoms with Crippen LogP contribution in [-0.4, -0.2) is 24.7 Å². The molecular weight excluding hydrogens is 368 g/mol. The van der Waals surface area contributed by atoms with Crippen molar-refractivity contribution in [1.82, 2.24) is 24.9 Å². The highest BCUT2D eigenvalue weighted by molar-refractivity contribution is 7.80. The standard InChI is InChI=1S/C21H28N6S/c1-6-26-16(4)19(12-23-26)11-22-21(28)24-20-15(3)25-27(17(20)5)13-18-10-8-7-9-14(18)2/h7-10,12H,6,11,13H2,1-5H3,(H2,22,24,28). The van der Waals surface area contributed by atoms with Crippen molar-refractivity contribution >= 4 is 23.0 Å². The van der Waals surface area contributed by atoms with Gasteiger partial charge in [-0.1, -0.05) is 24.3 Å². The van der Waals surface area contributed by atoms with Gasteiger partial charge in [-0.3, -0.25) is 9.36 Å². The maximum Gasteiger partial charge on any atom is 0.171 e. The molecule has 6 nitrogen and oxygen atoms in total. The molecule has 0 aliphatic rings. The molecule has 28 heavy (non-hydrogen) atoms. The van der Waals surface area contributed by atoms with Gasteiger partial charge in [0.2, 0.25) is 0 Å². The minimum absolute atomic E-state index is 0.588. The summed E-state index contributed by atoms with van der Waals surface area (Å²) in [6.07, 6.45) is 1.89. The van der Waals surface area contributed by atoms with Crippen LogP contribution in [0, 0.1) is 27.7 Å². The number of aromatic nitrogens is 4. The summed E-state index contributed by atoms with van der Waals surface area (Å²) in [6.45, 7) is 12.6. The number of rotatable bonds is 6. The molecule has 2 heterocycles. The van der Waals surface area contributed by atoms with E-state index in [9.17, 15) is 0 Å². The van der Waals surface area contributed by atoms with Crippen molar-refractivity contribution in [2.75, 3.05) is 5.32 Å². The van der Waals surface area contributed by atoms with E-state index in [1.54, 1.807) is 0 Å². The van der Waals surface area contributed by atoms with Crippen LogP contribution in [0.4, 0.5) is 5.69 Å². The molecule has 0 aliphatic heterocycles. The second-order valence-corrected chi connectivity index (χ2v) is 7.42. The van der Waals surface area contributed by atoms with Crippen LogP contribution in [0.5, 0.6) is 0 Å². The Bertz CT molecular complexity index is 985. The SMILES string of the molecule is CCn1ncc(CNC(=S)Nc2c(C)nn(Cc3ccccc3C)c2C)c1C. The predicted molar refractivity (Wildman–Crippen MR) is 118 cm³/mol. The first-order chi connectivity index (χ1) is 13.4. The maximum atomic E-state index is 5.51. The average Bonchev–Trinajstić information content (AvgIpc) is 3.16. The van der Waals surface area contributed by atoms with E-state index in [2.05, 4.69) is 67.7 Å². The van der Waals surface area contributed by atoms with Crippen LogP contribution in [0.25, 0.3) is 0 Å². The van der Waals surface area contributed by atoms with Crippen molar-refractivity contribution in [1.29, 1.82) is 0 Å². The quantitative estimate of drug-likeness (QED) is 0.620. The van der Waals surface area contributed by atoms with E-state index >= 15 is 0 Å². The molecule has 2 N–H and O–H groups in total. The summed E-state index contributed by atoms with van der Waals surface area (Å²) in [5, 5.41) is 16.3. The van der Waals surface area contributed by atoms with Crippen molar-refractivity contribution in [3.05, 3.63) is 64.2 Å². The third-order valence-electron chi connectivity index (χ3n) is 5.15. The van der Waals surface area contributed by atoms with Gasteiger partial charge in [-0.25, -0.2) is 0 Å². The summed E-state index contributed by atoms with van der Waals surface area (Å²) in [6, 6.07) is 8.39. The molecule has 0 spiro atoms. The van der Waals surface area contributed by atoms with Crippen molar-refractivity contribution in [3.63, 3.8) is 0 Å². The monoisotopic (exact) mass is 396 g/mol. The van der Waals surface area contributed by atoms with Gasteiger partial charge in [0.1, 0.15) is 0 Å². The van der Waals surface area contributed by atoms with E-state index < -0.39 is 0 Å². The first-order valence-corrected chi connectivity index (χ1v) is 9.96. The average molecular weight is 397 g/mol. The van der Waals surface area contributed by atoms with Crippen molar-refractivity contribution in [3.8, 4) is 0 Å². The van der Waals surface area contributed by atoms with Gasteiger partial charge < -0.3 is 10.6 Å². The van der Waals surface area contributed by atoms with Crippen molar-refractivity contribution in [2.24, 2.45) is 0 Å². The molecule has 0 saturated heterocycles. The van der Waals surface area contributed by atoms with Gasteiger partial charge in [0.05, 0.1) is 29.8 Å². The Morgan fingerprint density at radius 1 is 1.04 bits per heavy atom. The molecule has 148 valence electrons. The van der Waals surface area contributed by atoms with Crippen molar-refractivity contribution < 1.29 is 0 Å². The molecular formula is C21H28N6S. The molecule has 0 unspecified atom stereocenters. The fourth-order valence-corrected chi connectivity index (χ4v) is 3.47. The Labute approximate surface area is 172 Å². The zero-order valence-electron chi connectivity index (χ0n) is 17.2. The van der Waals surface area contributed by atoms with E-state index in [-0.39, 0.29) is 0 Å². The van der Waals surface area contributed by atoms with Gasteiger partial charge in [0.25, 0.3) is 0 Å². The van der Waals surface area contributed by atoms with E-state index in [1.807, 2.05) is 22.5 Å². The smallest absolute Gasteiger partial charge is 0.171 e. The molecule has 1 aromatic carbocycles. The van der Waals surface area contributed by atoms with Crippen LogP contribution < -0.4 is 10.6 Å². The number of nitrogens with one attached hydrogen (secondary N) is 2. The second kappa shape index (κ2) is 8.56. The number of anilines is 1. The van der Waals surface area contributed by atoms with E-state index in [0.717, 1.165) is 41.4 Å². The van der Waals surface area contributed by atoms with Gasteiger partial charge >= 0.3 is 0 Å². The summed E-state index contributed by atoms with van der Waals surface area (Å²) < 4.78 is 4.01. The number of nitrogens with zero attached hydrogens (tertiary/aromatic N) is 4. The van der Waals surface area contributed by atoms with Gasteiger partial charge in [-0.2, -0.15) is 10.2 Å².